The van der Waals surface area contributed by atoms with Gasteiger partial charge in [-0.2, -0.15) is 0 Å². The predicted molar refractivity (Wildman–Crippen MR) is 100 cm³/mol. The van der Waals surface area contributed by atoms with Crippen molar-refractivity contribution in [2.75, 3.05) is 19.8 Å². The van der Waals surface area contributed by atoms with Crippen LogP contribution in [0.25, 0.3) is 0 Å². The van der Waals surface area contributed by atoms with Gasteiger partial charge in [0.1, 0.15) is 0 Å². The van der Waals surface area contributed by atoms with Gasteiger partial charge < -0.3 is 14.4 Å². The molecular weight excluding hydrogens is 348 g/mol. The molecule has 27 heavy (non-hydrogen) atoms. The van der Waals surface area contributed by atoms with Crippen LogP contribution in [0.2, 0.25) is 0 Å². The van der Waals surface area contributed by atoms with Crippen LogP contribution >= 0.6 is 0 Å². The van der Waals surface area contributed by atoms with Crippen LogP contribution < -0.4 is 9.47 Å². The van der Waals surface area contributed by atoms with Crippen LogP contribution in [0.4, 0.5) is 5.69 Å². The molecular formula is C20H22N2O5. The predicted octanol–water partition coefficient (Wildman–Crippen LogP) is 3.59. The molecule has 1 aliphatic heterocycles. The molecule has 7 nitrogen and oxygen atoms in total. The molecule has 1 aliphatic rings. The number of amides is 1. The molecule has 0 fully saturated rings. The summed E-state index contributed by atoms with van der Waals surface area (Å²) in [5, 5.41) is 10.8. The molecule has 0 unspecified atom stereocenters. The maximum absolute atomic E-state index is 12.8. The summed E-state index contributed by atoms with van der Waals surface area (Å²) in [4.78, 5) is 24.8. The Morgan fingerprint density at radius 1 is 1.07 bits per heavy atom. The second kappa shape index (κ2) is 8.07. The van der Waals surface area contributed by atoms with Crippen LogP contribution in [0.1, 0.15) is 35.3 Å². The molecule has 3 rings (SSSR count). The minimum Gasteiger partial charge on any atom is -0.490 e. The zero-order valence-corrected chi connectivity index (χ0v) is 15.4. The van der Waals surface area contributed by atoms with Crippen LogP contribution in [-0.2, 0) is 13.0 Å². The first-order valence-electron chi connectivity index (χ1n) is 8.98. The molecule has 2 aromatic rings. The van der Waals surface area contributed by atoms with E-state index in [4.69, 9.17) is 9.47 Å². The molecule has 0 spiro atoms. The number of ether oxygens (including phenoxy) is 2. The Morgan fingerprint density at radius 2 is 1.67 bits per heavy atom. The van der Waals surface area contributed by atoms with Crippen molar-refractivity contribution >= 4 is 11.6 Å². The average molecular weight is 370 g/mol. The van der Waals surface area contributed by atoms with Crippen LogP contribution in [0.3, 0.4) is 0 Å². The second-order valence-electron chi connectivity index (χ2n) is 6.21. The first-order chi connectivity index (χ1) is 13.0. The largest absolute Gasteiger partial charge is 0.490 e. The van der Waals surface area contributed by atoms with Crippen molar-refractivity contribution in [3.8, 4) is 11.5 Å². The van der Waals surface area contributed by atoms with Gasteiger partial charge in [0.05, 0.1) is 18.1 Å². The van der Waals surface area contributed by atoms with Gasteiger partial charge in [-0.3, -0.25) is 14.9 Å². The van der Waals surface area contributed by atoms with E-state index in [-0.39, 0.29) is 11.6 Å². The Hall–Kier alpha value is -3.09. The van der Waals surface area contributed by atoms with Crippen molar-refractivity contribution in [2.24, 2.45) is 0 Å². The van der Waals surface area contributed by atoms with Gasteiger partial charge in [0.2, 0.25) is 0 Å². The number of nitrogens with zero attached hydrogens (tertiary/aromatic N) is 2. The maximum Gasteiger partial charge on any atom is 0.269 e. The fourth-order valence-electron chi connectivity index (χ4n) is 3.18. The summed E-state index contributed by atoms with van der Waals surface area (Å²) in [6.45, 7) is 5.99. The number of hydrogen-bond donors (Lipinski definition) is 0. The second-order valence-corrected chi connectivity index (χ2v) is 6.21. The molecule has 0 saturated heterocycles. The lowest BCUT2D eigenvalue weighted by Crippen LogP contribution is -2.36. The minimum absolute atomic E-state index is 0.0275. The summed E-state index contributed by atoms with van der Waals surface area (Å²) in [6, 6.07) is 9.65. The third-order valence-electron chi connectivity index (χ3n) is 4.49. The Morgan fingerprint density at radius 3 is 2.22 bits per heavy atom. The summed E-state index contributed by atoms with van der Waals surface area (Å²) in [5.41, 5.74) is 2.60. The molecule has 142 valence electrons. The molecule has 0 bridgehead atoms. The number of carbonyl (C=O) groups is 1. The number of nitro benzene ring substituents is 1. The van der Waals surface area contributed by atoms with Crippen LogP contribution in [0, 0.1) is 10.1 Å². The highest BCUT2D eigenvalue weighted by atomic mass is 16.6. The average Bonchev–Trinajstić information content (AvgIpc) is 2.68. The lowest BCUT2D eigenvalue weighted by atomic mass is 9.98. The van der Waals surface area contributed by atoms with Crippen molar-refractivity contribution in [2.45, 2.75) is 26.8 Å². The Bertz CT molecular complexity index is 848. The summed E-state index contributed by atoms with van der Waals surface area (Å²) >= 11 is 0. The third kappa shape index (κ3) is 4.02. The van der Waals surface area contributed by atoms with E-state index in [1.807, 2.05) is 26.0 Å². The van der Waals surface area contributed by atoms with Crippen molar-refractivity contribution < 1.29 is 19.2 Å². The zero-order chi connectivity index (χ0) is 19.4. The van der Waals surface area contributed by atoms with Crippen LogP contribution in [-0.4, -0.2) is 35.5 Å². The standard InChI is InChI=1S/C20H22N2O5/c1-3-26-18-11-15-9-10-21(13-16(15)12-19(18)27-4-2)20(23)14-5-7-17(8-6-14)22(24)25/h5-8,11-12H,3-4,9-10,13H2,1-2H3. The lowest BCUT2D eigenvalue weighted by Gasteiger charge is -2.30. The molecule has 0 N–H and O–H groups in total. The lowest BCUT2D eigenvalue weighted by molar-refractivity contribution is -0.384. The smallest absolute Gasteiger partial charge is 0.269 e. The van der Waals surface area contributed by atoms with Gasteiger partial charge in [-0.25, -0.2) is 0 Å². The van der Waals surface area contributed by atoms with E-state index < -0.39 is 4.92 Å². The first-order valence-corrected chi connectivity index (χ1v) is 8.98. The topological polar surface area (TPSA) is 81.9 Å². The molecule has 1 amide bonds. The van der Waals surface area contributed by atoms with Crippen molar-refractivity contribution in [3.05, 3.63) is 63.2 Å². The Kier molecular flexibility index (Phi) is 5.59. The number of fused-ring (bicyclic) bond motifs is 1. The van der Waals surface area contributed by atoms with Crippen molar-refractivity contribution in [1.29, 1.82) is 0 Å². The number of nitro groups is 1. The van der Waals surface area contributed by atoms with Gasteiger partial charge in [0, 0.05) is 30.8 Å². The van der Waals surface area contributed by atoms with E-state index in [0.29, 0.717) is 37.6 Å². The van der Waals surface area contributed by atoms with Crippen LogP contribution in [0.5, 0.6) is 11.5 Å². The highest BCUT2D eigenvalue weighted by molar-refractivity contribution is 5.94. The van der Waals surface area contributed by atoms with E-state index in [1.165, 1.54) is 24.3 Å². The molecule has 0 radical (unpaired) electrons. The number of carbonyl (C=O) groups excluding carboxylic acids is 1. The quantitative estimate of drug-likeness (QED) is 0.573. The Balaban J connectivity index is 1.81. The molecule has 1 heterocycles. The molecule has 2 aromatic carbocycles. The van der Waals surface area contributed by atoms with Crippen LogP contribution in [0.15, 0.2) is 36.4 Å². The summed E-state index contributed by atoms with van der Waals surface area (Å²) < 4.78 is 11.3. The zero-order valence-electron chi connectivity index (χ0n) is 15.4. The molecule has 0 saturated carbocycles. The number of rotatable bonds is 6. The highest BCUT2D eigenvalue weighted by Gasteiger charge is 2.24. The van der Waals surface area contributed by atoms with E-state index >= 15 is 0 Å². The molecule has 0 aliphatic carbocycles. The normalized spacial score (nSPS) is 13.0. The van der Waals surface area contributed by atoms with Gasteiger partial charge >= 0.3 is 0 Å². The monoisotopic (exact) mass is 370 g/mol. The number of hydrogen-bond acceptors (Lipinski definition) is 5. The number of benzene rings is 2. The molecule has 7 heteroatoms. The number of non-ortho nitro benzene ring substituents is 1. The maximum atomic E-state index is 12.8. The summed E-state index contributed by atoms with van der Waals surface area (Å²) in [6.07, 6.45) is 0.723. The van der Waals surface area contributed by atoms with Crippen molar-refractivity contribution in [3.63, 3.8) is 0 Å². The summed E-state index contributed by atoms with van der Waals surface area (Å²) in [7, 11) is 0. The van der Waals surface area contributed by atoms with Crippen molar-refractivity contribution in [1.82, 2.24) is 4.90 Å². The van der Waals surface area contributed by atoms with E-state index in [2.05, 4.69) is 0 Å². The SMILES string of the molecule is CCOc1cc2c(cc1OCC)CN(C(=O)c1ccc([N+](=O)[O-])cc1)CC2. The highest BCUT2D eigenvalue weighted by Crippen LogP contribution is 2.34. The Labute approximate surface area is 157 Å². The van der Waals surface area contributed by atoms with Gasteiger partial charge in [0.25, 0.3) is 11.6 Å². The van der Waals surface area contributed by atoms with Gasteiger partial charge in [-0.05, 0) is 55.7 Å². The fraction of sp³-hybridized carbons (Fsp3) is 0.350. The third-order valence-corrected chi connectivity index (χ3v) is 4.49. The fourth-order valence-corrected chi connectivity index (χ4v) is 3.18. The van der Waals surface area contributed by atoms with Gasteiger partial charge in [0.15, 0.2) is 11.5 Å². The van der Waals surface area contributed by atoms with E-state index in [1.54, 1.807) is 4.90 Å². The van der Waals surface area contributed by atoms with E-state index in [0.717, 1.165) is 23.3 Å². The minimum atomic E-state index is -0.476. The molecule has 0 atom stereocenters. The van der Waals surface area contributed by atoms with E-state index in [9.17, 15) is 14.9 Å². The van der Waals surface area contributed by atoms with Gasteiger partial charge in [-0.1, -0.05) is 0 Å². The summed E-state index contributed by atoms with van der Waals surface area (Å²) in [5.74, 6) is 1.28. The first kappa shape index (κ1) is 18.7. The molecule has 0 aromatic heterocycles. The van der Waals surface area contributed by atoms with Gasteiger partial charge in [-0.15, -0.1) is 0 Å².